The minimum atomic E-state index is -4.81. The molecule has 35 heavy (non-hydrogen) atoms. The molecule has 0 aliphatic carbocycles. The standard InChI is InChI=1S/C24H26F3N3O5/c1-22-12-29(9-5-3-4-6-17(31)32)13-23(2,35-22)19-18(22)20(33)30(21(19)34)15-8-7-14(11-28)16(10-15)24(25,26)27/h7-8,10,18-19H,3-6,9,12-13H2,1-2H3,(H,31,32)/t18-,19?,22-,23+/m0/s1. The van der Waals surface area contributed by atoms with Crippen molar-refractivity contribution >= 4 is 23.5 Å². The smallest absolute Gasteiger partial charge is 0.417 e. The van der Waals surface area contributed by atoms with Crippen molar-refractivity contribution in [2.24, 2.45) is 11.8 Å². The van der Waals surface area contributed by atoms with Crippen LogP contribution in [-0.2, 0) is 25.3 Å². The molecule has 1 unspecified atom stereocenters. The van der Waals surface area contributed by atoms with E-state index < -0.39 is 58.1 Å². The Kier molecular flexibility index (Phi) is 6.18. The summed E-state index contributed by atoms with van der Waals surface area (Å²) in [6.07, 6.45) is -2.65. The summed E-state index contributed by atoms with van der Waals surface area (Å²) in [4.78, 5) is 40.6. The van der Waals surface area contributed by atoms with Gasteiger partial charge in [-0.15, -0.1) is 0 Å². The quantitative estimate of drug-likeness (QED) is 0.459. The van der Waals surface area contributed by atoms with Gasteiger partial charge in [-0.25, -0.2) is 4.90 Å². The van der Waals surface area contributed by atoms with Gasteiger partial charge in [0.1, 0.15) is 0 Å². The molecule has 1 aromatic carbocycles. The Morgan fingerprint density at radius 1 is 1.14 bits per heavy atom. The number of unbranched alkanes of at least 4 members (excludes halogenated alkanes) is 2. The van der Waals surface area contributed by atoms with Crippen molar-refractivity contribution in [3.05, 3.63) is 29.3 Å². The molecule has 1 aromatic rings. The number of hydrogen-bond acceptors (Lipinski definition) is 6. The zero-order chi connectivity index (χ0) is 25.8. The Morgan fingerprint density at radius 2 is 1.74 bits per heavy atom. The first-order chi connectivity index (χ1) is 16.3. The maximum absolute atomic E-state index is 13.5. The summed E-state index contributed by atoms with van der Waals surface area (Å²) < 4.78 is 46.7. The highest BCUT2D eigenvalue weighted by atomic mass is 19.4. The molecule has 4 rings (SSSR count). The third kappa shape index (κ3) is 4.29. The van der Waals surface area contributed by atoms with Gasteiger partial charge in [-0.2, -0.15) is 18.4 Å². The summed E-state index contributed by atoms with van der Waals surface area (Å²) in [7, 11) is 0. The van der Waals surface area contributed by atoms with Gasteiger partial charge in [0.05, 0.1) is 45.9 Å². The van der Waals surface area contributed by atoms with Crippen LogP contribution in [0.1, 0.15) is 50.7 Å². The number of amides is 2. The summed E-state index contributed by atoms with van der Waals surface area (Å²) in [5.74, 6) is -3.74. The first-order valence-corrected chi connectivity index (χ1v) is 11.4. The number of morpholine rings is 1. The molecule has 0 saturated carbocycles. The van der Waals surface area contributed by atoms with E-state index in [1.165, 1.54) is 12.1 Å². The van der Waals surface area contributed by atoms with Crippen LogP contribution in [0.25, 0.3) is 0 Å². The highest BCUT2D eigenvalue weighted by Crippen LogP contribution is 2.55. The molecule has 8 nitrogen and oxygen atoms in total. The number of halogens is 3. The van der Waals surface area contributed by atoms with Crippen LogP contribution in [0.3, 0.4) is 0 Å². The number of nitrogens with zero attached hydrogens (tertiary/aromatic N) is 3. The molecule has 3 aliphatic heterocycles. The average Bonchev–Trinajstić information content (AvgIpc) is 3.12. The zero-order valence-electron chi connectivity index (χ0n) is 19.4. The Morgan fingerprint density at radius 3 is 2.26 bits per heavy atom. The maximum atomic E-state index is 13.5. The number of likely N-dealkylation sites (tertiary alicyclic amines) is 1. The third-order valence-corrected chi connectivity index (χ3v) is 7.22. The van der Waals surface area contributed by atoms with Gasteiger partial charge >= 0.3 is 12.1 Å². The lowest BCUT2D eigenvalue weighted by Gasteiger charge is -2.45. The highest BCUT2D eigenvalue weighted by Gasteiger charge is 2.71. The van der Waals surface area contributed by atoms with Gasteiger partial charge in [0.15, 0.2) is 0 Å². The van der Waals surface area contributed by atoms with Crippen molar-refractivity contribution in [1.82, 2.24) is 4.90 Å². The van der Waals surface area contributed by atoms with Crippen LogP contribution in [0.15, 0.2) is 18.2 Å². The van der Waals surface area contributed by atoms with E-state index in [0.29, 0.717) is 32.1 Å². The van der Waals surface area contributed by atoms with Crippen LogP contribution in [0.5, 0.6) is 0 Å². The maximum Gasteiger partial charge on any atom is 0.417 e. The fourth-order valence-electron chi connectivity index (χ4n) is 5.97. The summed E-state index contributed by atoms with van der Waals surface area (Å²) in [5, 5.41) is 17.8. The Bertz CT molecular complexity index is 1080. The van der Waals surface area contributed by atoms with Gasteiger partial charge in [0, 0.05) is 19.5 Å². The number of hydrogen-bond donors (Lipinski definition) is 1. The van der Waals surface area contributed by atoms with Crippen LogP contribution in [-0.4, -0.2) is 58.6 Å². The molecule has 3 saturated heterocycles. The number of alkyl halides is 3. The molecule has 0 radical (unpaired) electrons. The zero-order valence-corrected chi connectivity index (χ0v) is 19.4. The van der Waals surface area contributed by atoms with Crippen LogP contribution >= 0.6 is 0 Å². The summed E-state index contributed by atoms with van der Waals surface area (Å²) in [5.41, 5.74) is -3.99. The number of carboxylic acid groups (broad SMARTS) is 1. The number of ether oxygens (including phenoxy) is 1. The number of aliphatic carboxylic acids is 1. The molecular formula is C24H26F3N3O5. The van der Waals surface area contributed by atoms with E-state index in [0.717, 1.165) is 23.8 Å². The van der Waals surface area contributed by atoms with Crippen molar-refractivity contribution in [2.75, 3.05) is 24.5 Å². The number of anilines is 1. The van der Waals surface area contributed by atoms with E-state index in [4.69, 9.17) is 15.1 Å². The number of fused-ring (bicyclic) bond motifs is 5. The van der Waals surface area contributed by atoms with Gasteiger partial charge in [-0.1, -0.05) is 6.42 Å². The molecule has 3 heterocycles. The van der Waals surface area contributed by atoms with Crippen molar-refractivity contribution < 1.29 is 37.4 Å². The molecule has 0 spiro atoms. The third-order valence-electron chi connectivity index (χ3n) is 7.22. The second-order valence-electron chi connectivity index (χ2n) is 9.95. The van der Waals surface area contributed by atoms with Crippen LogP contribution in [0.4, 0.5) is 18.9 Å². The predicted molar refractivity (Wildman–Crippen MR) is 116 cm³/mol. The van der Waals surface area contributed by atoms with Gasteiger partial charge in [0.2, 0.25) is 11.8 Å². The molecule has 2 bridgehead atoms. The first kappa shape index (κ1) is 25.1. The summed E-state index contributed by atoms with van der Waals surface area (Å²) >= 11 is 0. The minimum absolute atomic E-state index is 0.104. The number of nitriles is 1. The number of benzene rings is 1. The SMILES string of the molecule is C[C@]12CN(CCCCCC(=O)O)C[C@](C)(O1)[C@@H]1C(=O)N(c3ccc(C#N)c(C(F)(F)F)c3)C(=O)C12. The van der Waals surface area contributed by atoms with Crippen molar-refractivity contribution in [1.29, 1.82) is 5.26 Å². The van der Waals surface area contributed by atoms with Crippen molar-refractivity contribution in [3.63, 3.8) is 0 Å². The molecule has 1 N–H and O–H groups in total. The van der Waals surface area contributed by atoms with Crippen LogP contribution in [0.2, 0.25) is 0 Å². The minimum Gasteiger partial charge on any atom is -0.481 e. The number of carbonyl (C=O) groups excluding carboxylic acids is 2. The fourth-order valence-corrected chi connectivity index (χ4v) is 5.97. The second kappa shape index (κ2) is 8.60. The highest BCUT2D eigenvalue weighted by molar-refractivity contribution is 6.23. The predicted octanol–water partition coefficient (Wildman–Crippen LogP) is 3.19. The molecule has 2 amide bonds. The van der Waals surface area contributed by atoms with Gasteiger partial charge in [-0.3, -0.25) is 19.3 Å². The van der Waals surface area contributed by atoms with E-state index >= 15 is 0 Å². The van der Waals surface area contributed by atoms with E-state index in [-0.39, 0.29) is 12.1 Å². The van der Waals surface area contributed by atoms with Gasteiger partial charge in [0.25, 0.3) is 0 Å². The largest absolute Gasteiger partial charge is 0.481 e. The first-order valence-electron chi connectivity index (χ1n) is 11.4. The summed E-state index contributed by atoms with van der Waals surface area (Å²) in [6, 6.07) is 4.34. The lowest BCUT2D eigenvalue weighted by molar-refractivity contribution is -0.169. The lowest BCUT2D eigenvalue weighted by atomic mass is 9.79. The van der Waals surface area contributed by atoms with E-state index in [1.807, 2.05) is 0 Å². The normalized spacial score (nSPS) is 30.5. The lowest BCUT2D eigenvalue weighted by Crippen LogP contribution is -2.58. The number of imide groups is 1. The summed E-state index contributed by atoms with van der Waals surface area (Å²) in [6.45, 7) is 4.90. The Labute approximate surface area is 200 Å². The van der Waals surface area contributed by atoms with Crippen molar-refractivity contribution in [2.45, 2.75) is 56.9 Å². The second-order valence-corrected chi connectivity index (χ2v) is 9.95. The van der Waals surface area contributed by atoms with E-state index in [2.05, 4.69) is 4.90 Å². The topological polar surface area (TPSA) is 111 Å². The number of carbonyl (C=O) groups is 3. The van der Waals surface area contributed by atoms with Gasteiger partial charge in [-0.05, 0) is 51.4 Å². The molecule has 3 aliphatic rings. The molecule has 11 heteroatoms. The fraction of sp³-hybridized carbons (Fsp3) is 0.583. The van der Waals surface area contributed by atoms with E-state index in [1.54, 1.807) is 13.8 Å². The molecule has 4 atom stereocenters. The number of rotatable bonds is 7. The Hall–Kier alpha value is -2.97. The Balaban J connectivity index is 1.57. The van der Waals surface area contributed by atoms with E-state index in [9.17, 15) is 27.6 Å². The molecule has 3 fully saturated rings. The van der Waals surface area contributed by atoms with Crippen LogP contribution in [0, 0.1) is 23.2 Å². The van der Waals surface area contributed by atoms with Gasteiger partial charge < -0.3 is 9.84 Å². The molecule has 188 valence electrons. The molecular weight excluding hydrogens is 467 g/mol. The van der Waals surface area contributed by atoms with Crippen LogP contribution < -0.4 is 4.90 Å². The monoisotopic (exact) mass is 493 g/mol. The molecule has 0 aromatic heterocycles. The average molecular weight is 493 g/mol. The number of carboxylic acids is 1. The van der Waals surface area contributed by atoms with Crippen molar-refractivity contribution in [3.8, 4) is 6.07 Å².